The maximum atomic E-state index is 5.87. The molecule has 1 heterocycles. The van der Waals surface area contributed by atoms with E-state index < -0.39 is 0 Å². The van der Waals surface area contributed by atoms with Crippen LogP contribution in [0.5, 0.6) is 0 Å². The number of aromatic amines is 1. The highest BCUT2D eigenvalue weighted by atomic mass is 35.5. The summed E-state index contributed by atoms with van der Waals surface area (Å²) in [5, 5.41) is 10.6. The van der Waals surface area contributed by atoms with Gasteiger partial charge < -0.3 is 5.32 Å². The number of hydrogen-bond donors (Lipinski definition) is 2. The normalized spacial score (nSPS) is 10.3. The Morgan fingerprint density at radius 1 is 1.47 bits per heavy atom. The van der Waals surface area contributed by atoms with Crippen molar-refractivity contribution in [2.45, 2.75) is 13.5 Å². The summed E-state index contributed by atoms with van der Waals surface area (Å²) in [5.74, 6) is 1.40. The molecule has 5 heteroatoms. The van der Waals surface area contributed by atoms with Crippen LogP contribution >= 0.6 is 11.6 Å². The topological polar surface area (TPSA) is 53.6 Å². The van der Waals surface area contributed by atoms with Crippen LogP contribution in [0.25, 0.3) is 0 Å². The summed E-state index contributed by atoms with van der Waals surface area (Å²) in [6.45, 7) is 2.52. The molecule has 0 unspecified atom stereocenters. The molecule has 78 valence electrons. The van der Waals surface area contributed by atoms with Crippen LogP contribution in [0.1, 0.15) is 11.4 Å². The van der Waals surface area contributed by atoms with Gasteiger partial charge in [-0.2, -0.15) is 4.98 Å². The van der Waals surface area contributed by atoms with Crippen molar-refractivity contribution in [2.75, 3.05) is 5.32 Å². The maximum Gasteiger partial charge on any atom is 0.242 e. The summed E-state index contributed by atoms with van der Waals surface area (Å²) in [7, 11) is 0. The highest BCUT2D eigenvalue weighted by Crippen LogP contribution is 2.11. The molecule has 0 saturated carbocycles. The summed E-state index contributed by atoms with van der Waals surface area (Å²) in [6, 6.07) is 7.68. The molecule has 0 saturated heterocycles. The van der Waals surface area contributed by atoms with Gasteiger partial charge in [-0.25, -0.2) is 0 Å². The van der Waals surface area contributed by atoms with E-state index in [1.54, 1.807) is 0 Å². The van der Waals surface area contributed by atoms with Gasteiger partial charge in [0.05, 0.1) is 0 Å². The molecular weight excluding hydrogens is 212 g/mol. The van der Waals surface area contributed by atoms with E-state index in [1.807, 2.05) is 31.2 Å². The van der Waals surface area contributed by atoms with Crippen LogP contribution in [-0.4, -0.2) is 15.2 Å². The minimum absolute atomic E-state index is 0.604. The number of hydrogen-bond acceptors (Lipinski definition) is 3. The standard InChI is InChI=1S/C10H11ClN4/c1-7-13-10(15-14-7)12-6-8-3-2-4-9(11)5-8/h2-5H,6H2,1H3,(H2,12,13,14,15). The van der Waals surface area contributed by atoms with Gasteiger partial charge in [0.25, 0.3) is 0 Å². The average molecular weight is 223 g/mol. The number of aromatic nitrogens is 3. The van der Waals surface area contributed by atoms with Crippen molar-refractivity contribution >= 4 is 17.5 Å². The van der Waals surface area contributed by atoms with Crippen LogP contribution in [0.15, 0.2) is 24.3 Å². The molecule has 1 aromatic heterocycles. The van der Waals surface area contributed by atoms with Crippen molar-refractivity contribution in [3.8, 4) is 0 Å². The third-order valence-corrected chi connectivity index (χ3v) is 2.17. The molecule has 2 N–H and O–H groups in total. The third kappa shape index (κ3) is 2.70. The molecule has 0 radical (unpaired) electrons. The second kappa shape index (κ2) is 4.31. The zero-order valence-electron chi connectivity index (χ0n) is 8.29. The van der Waals surface area contributed by atoms with Gasteiger partial charge in [-0.1, -0.05) is 23.7 Å². The number of halogens is 1. The van der Waals surface area contributed by atoms with Crippen LogP contribution in [0, 0.1) is 6.92 Å². The lowest BCUT2D eigenvalue weighted by Crippen LogP contribution is -2.00. The van der Waals surface area contributed by atoms with E-state index in [1.165, 1.54) is 0 Å². The molecule has 2 rings (SSSR count). The molecule has 0 atom stereocenters. The first-order chi connectivity index (χ1) is 7.24. The fraction of sp³-hybridized carbons (Fsp3) is 0.200. The Labute approximate surface area is 92.7 Å². The first kappa shape index (κ1) is 9.98. The van der Waals surface area contributed by atoms with Crippen LogP contribution in [0.4, 0.5) is 5.95 Å². The molecule has 0 aliphatic heterocycles. The summed E-state index contributed by atoms with van der Waals surface area (Å²) in [6.07, 6.45) is 0. The van der Waals surface area contributed by atoms with E-state index in [2.05, 4.69) is 20.5 Å². The first-order valence-electron chi connectivity index (χ1n) is 4.61. The molecular formula is C10H11ClN4. The summed E-state index contributed by atoms with van der Waals surface area (Å²) in [4.78, 5) is 4.14. The second-order valence-electron chi connectivity index (χ2n) is 3.23. The minimum Gasteiger partial charge on any atom is -0.349 e. The van der Waals surface area contributed by atoms with Crippen molar-refractivity contribution in [3.63, 3.8) is 0 Å². The number of H-pyrrole nitrogens is 1. The molecule has 0 fully saturated rings. The highest BCUT2D eigenvalue weighted by molar-refractivity contribution is 6.30. The van der Waals surface area contributed by atoms with Crippen molar-refractivity contribution in [1.82, 2.24) is 15.2 Å². The van der Waals surface area contributed by atoms with Crippen LogP contribution in [0.2, 0.25) is 5.02 Å². The lowest BCUT2D eigenvalue weighted by atomic mass is 10.2. The van der Waals surface area contributed by atoms with Crippen molar-refractivity contribution in [3.05, 3.63) is 40.7 Å². The van der Waals surface area contributed by atoms with E-state index in [-0.39, 0.29) is 0 Å². The minimum atomic E-state index is 0.604. The number of aryl methyl sites for hydroxylation is 1. The van der Waals surface area contributed by atoms with Crippen LogP contribution < -0.4 is 5.32 Å². The van der Waals surface area contributed by atoms with E-state index >= 15 is 0 Å². The Morgan fingerprint density at radius 3 is 3.00 bits per heavy atom. The van der Waals surface area contributed by atoms with Crippen molar-refractivity contribution < 1.29 is 0 Å². The predicted octanol–water partition coefficient (Wildman–Crippen LogP) is 2.38. The predicted molar refractivity (Wildman–Crippen MR) is 59.9 cm³/mol. The number of nitrogens with one attached hydrogen (secondary N) is 2. The van der Waals surface area contributed by atoms with Gasteiger partial charge in [-0.05, 0) is 24.6 Å². The number of benzene rings is 1. The van der Waals surface area contributed by atoms with Crippen LogP contribution in [0.3, 0.4) is 0 Å². The first-order valence-corrected chi connectivity index (χ1v) is 4.99. The van der Waals surface area contributed by atoms with Gasteiger partial charge >= 0.3 is 0 Å². The second-order valence-corrected chi connectivity index (χ2v) is 3.66. The Hall–Kier alpha value is -1.55. The number of nitrogens with zero attached hydrogens (tertiary/aromatic N) is 2. The SMILES string of the molecule is Cc1nc(NCc2cccc(Cl)c2)n[nH]1. The lowest BCUT2D eigenvalue weighted by molar-refractivity contribution is 1.02. The molecule has 4 nitrogen and oxygen atoms in total. The monoisotopic (exact) mass is 222 g/mol. The van der Waals surface area contributed by atoms with E-state index in [4.69, 9.17) is 11.6 Å². The molecule has 2 aromatic rings. The lowest BCUT2D eigenvalue weighted by Gasteiger charge is -2.01. The molecule has 0 spiro atoms. The Kier molecular flexibility index (Phi) is 2.87. The largest absolute Gasteiger partial charge is 0.349 e. The highest BCUT2D eigenvalue weighted by Gasteiger charge is 1.99. The Bertz CT molecular complexity index is 452. The number of anilines is 1. The van der Waals surface area contributed by atoms with Gasteiger partial charge in [-0.15, -0.1) is 5.10 Å². The van der Waals surface area contributed by atoms with E-state index in [9.17, 15) is 0 Å². The zero-order valence-corrected chi connectivity index (χ0v) is 9.04. The molecule has 0 aliphatic rings. The zero-order chi connectivity index (χ0) is 10.7. The van der Waals surface area contributed by atoms with Crippen LogP contribution in [-0.2, 0) is 6.54 Å². The summed E-state index contributed by atoms with van der Waals surface area (Å²) >= 11 is 5.87. The molecule has 1 aromatic carbocycles. The van der Waals surface area contributed by atoms with Crippen molar-refractivity contribution in [2.24, 2.45) is 0 Å². The van der Waals surface area contributed by atoms with Crippen molar-refractivity contribution in [1.29, 1.82) is 0 Å². The quantitative estimate of drug-likeness (QED) is 0.839. The molecule has 0 bridgehead atoms. The summed E-state index contributed by atoms with van der Waals surface area (Å²) in [5.41, 5.74) is 1.10. The van der Waals surface area contributed by atoms with E-state index in [0.717, 1.165) is 16.4 Å². The molecule has 15 heavy (non-hydrogen) atoms. The summed E-state index contributed by atoms with van der Waals surface area (Å²) < 4.78 is 0. The fourth-order valence-corrected chi connectivity index (χ4v) is 1.46. The smallest absolute Gasteiger partial charge is 0.242 e. The Morgan fingerprint density at radius 2 is 2.33 bits per heavy atom. The van der Waals surface area contributed by atoms with Gasteiger partial charge in [-0.3, -0.25) is 5.10 Å². The molecule has 0 amide bonds. The van der Waals surface area contributed by atoms with Gasteiger partial charge in [0.15, 0.2) is 0 Å². The Balaban J connectivity index is 1.99. The van der Waals surface area contributed by atoms with Gasteiger partial charge in [0.1, 0.15) is 5.82 Å². The van der Waals surface area contributed by atoms with Gasteiger partial charge in [0.2, 0.25) is 5.95 Å². The third-order valence-electron chi connectivity index (χ3n) is 1.94. The van der Waals surface area contributed by atoms with Gasteiger partial charge in [0, 0.05) is 11.6 Å². The maximum absolute atomic E-state index is 5.87. The van der Waals surface area contributed by atoms with E-state index in [0.29, 0.717) is 12.5 Å². The molecule has 0 aliphatic carbocycles. The fourth-order valence-electron chi connectivity index (χ4n) is 1.25. The number of rotatable bonds is 3. The average Bonchev–Trinajstić information content (AvgIpc) is 2.62.